The number of nitrogens with zero attached hydrogens (tertiary/aromatic N) is 1. The van der Waals surface area contributed by atoms with Crippen molar-refractivity contribution in [2.75, 3.05) is 26.7 Å². The van der Waals surface area contributed by atoms with Gasteiger partial charge in [0.25, 0.3) is 0 Å². The number of amides is 1. The van der Waals surface area contributed by atoms with Crippen LogP contribution in [0, 0.1) is 11.8 Å². The number of hydrogen-bond donors (Lipinski definition) is 1. The molecule has 3 heteroatoms. The van der Waals surface area contributed by atoms with E-state index >= 15 is 0 Å². The average molecular weight is 302 g/mol. The molecule has 22 heavy (non-hydrogen) atoms. The van der Waals surface area contributed by atoms with Crippen molar-refractivity contribution >= 4 is 5.91 Å². The summed E-state index contributed by atoms with van der Waals surface area (Å²) in [7, 11) is 2.17. The van der Waals surface area contributed by atoms with E-state index in [9.17, 15) is 4.79 Å². The van der Waals surface area contributed by atoms with E-state index in [-0.39, 0.29) is 5.91 Å². The highest BCUT2D eigenvalue weighted by Gasteiger charge is 2.18. The third-order valence-corrected chi connectivity index (χ3v) is 4.61. The van der Waals surface area contributed by atoms with E-state index in [1.165, 1.54) is 24.9 Å². The van der Waals surface area contributed by atoms with Gasteiger partial charge in [0.1, 0.15) is 0 Å². The number of carbonyl (C=O) groups excluding carboxylic acids is 1. The molecule has 122 valence electrons. The van der Waals surface area contributed by atoms with Crippen LogP contribution in [0.25, 0.3) is 0 Å². The summed E-state index contributed by atoms with van der Waals surface area (Å²) in [5, 5.41) is 3.14. The van der Waals surface area contributed by atoms with E-state index < -0.39 is 0 Å². The molecule has 1 N–H and O–H groups in total. The van der Waals surface area contributed by atoms with Gasteiger partial charge >= 0.3 is 0 Å². The Balaban J connectivity index is 1.61. The molecule has 1 amide bonds. The lowest BCUT2D eigenvalue weighted by Crippen LogP contribution is -2.39. The molecule has 0 aromatic heterocycles. The van der Waals surface area contributed by atoms with Gasteiger partial charge in [-0.3, -0.25) is 4.79 Å². The lowest BCUT2D eigenvalue weighted by molar-refractivity contribution is -0.122. The number of piperidine rings is 1. The summed E-state index contributed by atoms with van der Waals surface area (Å²) in [6.07, 6.45) is 5.28. The Bertz CT molecular complexity index is 446. The number of rotatable bonds is 7. The zero-order valence-corrected chi connectivity index (χ0v) is 14.1. The van der Waals surface area contributed by atoms with Crippen LogP contribution in [0.15, 0.2) is 30.3 Å². The second kappa shape index (κ2) is 8.94. The highest BCUT2D eigenvalue weighted by molar-refractivity contribution is 5.76. The molecule has 3 nitrogen and oxygen atoms in total. The molecule has 2 atom stereocenters. The predicted molar refractivity (Wildman–Crippen MR) is 91.8 cm³/mol. The molecule has 1 aliphatic heterocycles. The number of likely N-dealkylation sites (tertiary alicyclic amines) is 1. The molecule has 2 rings (SSSR count). The Morgan fingerprint density at radius 1 is 1.36 bits per heavy atom. The first-order chi connectivity index (χ1) is 10.6. The van der Waals surface area contributed by atoms with E-state index in [4.69, 9.17) is 0 Å². The molecule has 1 aromatic rings. The molecule has 1 aliphatic rings. The topological polar surface area (TPSA) is 32.3 Å². The molecule has 0 spiro atoms. The Labute approximate surface area is 135 Å². The van der Waals surface area contributed by atoms with Crippen LogP contribution in [0.4, 0.5) is 0 Å². The van der Waals surface area contributed by atoms with E-state index in [1.54, 1.807) is 0 Å². The number of hydrogen-bond acceptors (Lipinski definition) is 2. The maximum absolute atomic E-state index is 12.1. The van der Waals surface area contributed by atoms with Crippen molar-refractivity contribution in [2.45, 2.75) is 39.0 Å². The van der Waals surface area contributed by atoms with Gasteiger partial charge in [0, 0.05) is 19.5 Å². The van der Waals surface area contributed by atoms with Crippen molar-refractivity contribution in [3.8, 4) is 0 Å². The van der Waals surface area contributed by atoms with Crippen LogP contribution in [0.5, 0.6) is 0 Å². The van der Waals surface area contributed by atoms with Gasteiger partial charge in [-0.1, -0.05) is 37.3 Å². The monoisotopic (exact) mass is 302 g/mol. The first-order valence-corrected chi connectivity index (χ1v) is 8.62. The van der Waals surface area contributed by atoms with E-state index in [0.29, 0.717) is 18.3 Å². The van der Waals surface area contributed by atoms with Crippen LogP contribution >= 0.6 is 0 Å². The minimum atomic E-state index is 0.216. The van der Waals surface area contributed by atoms with Gasteiger partial charge in [-0.25, -0.2) is 0 Å². The largest absolute Gasteiger partial charge is 0.356 e. The quantitative estimate of drug-likeness (QED) is 0.839. The van der Waals surface area contributed by atoms with Gasteiger partial charge in [0.05, 0.1) is 0 Å². The zero-order valence-electron chi connectivity index (χ0n) is 14.1. The highest BCUT2D eigenvalue weighted by Crippen LogP contribution is 2.15. The summed E-state index contributed by atoms with van der Waals surface area (Å²) in [5.41, 5.74) is 1.36. The van der Waals surface area contributed by atoms with Crippen LogP contribution in [-0.2, 0) is 11.2 Å². The SMILES string of the molecule is C[C@H](CCc1ccccc1)CC(=O)NC[C@@H]1CCCN(C)C1. The maximum atomic E-state index is 12.1. The van der Waals surface area contributed by atoms with Crippen molar-refractivity contribution in [3.05, 3.63) is 35.9 Å². The number of carbonyl (C=O) groups is 1. The smallest absolute Gasteiger partial charge is 0.220 e. The number of nitrogens with one attached hydrogen (secondary N) is 1. The molecule has 0 bridgehead atoms. The molecular weight excluding hydrogens is 272 g/mol. The molecular formula is C19H30N2O. The van der Waals surface area contributed by atoms with Crippen molar-refractivity contribution in [3.63, 3.8) is 0 Å². The second-order valence-corrected chi connectivity index (χ2v) is 6.91. The zero-order chi connectivity index (χ0) is 15.8. The van der Waals surface area contributed by atoms with Gasteiger partial charge in [0.2, 0.25) is 5.91 Å². The summed E-state index contributed by atoms with van der Waals surface area (Å²) in [4.78, 5) is 14.4. The van der Waals surface area contributed by atoms with Gasteiger partial charge in [-0.15, -0.1) is 0 Å². The maximum Gasteiger partial charge on any atom is 0.220 e. The van der Waals surface area contributed by atoms with E-state index in [2.05, 4.69) is 48.5 Å². The summed E-state index contributed by atoms with van der Waals surface area (Å²) < 4.78 is 0. The second-order valence-electron chi connectivity index (χ2n) is 6.91. The Hall–Kier alpha value is -1.35. The average Bonchev–Trinajstić information content (AvgIpc) is 2.52. The van der Waals surface area contributed by atoms with Crippen molar-refractivity contribution in [2.24, 2.45) is 11.8 Å². The van der Waals surface area contributed by atoms with Crippen LogP contribution in [0.1, 0.15) is 38.2 Å². The summed E-state index contributed by atoms with van der Waals surface area (Å²) in [5.74, 6) is 1.28. The molecule has 1 heterocycles. The fourth-order valence-corrected chi connectivity index (χ4v) is 3.25. The minimum absolute atomic E-state index is 0.216. The van der Waals surface area contributed by atoms with E-state index in [0.717, 1.165) is 25.9 Å². The molecule has 1 fully saturated rings. The number of benzene rings is 1. The predicted octanol–water partition coefficient (Wildman–Crippen LogP) is 3.10. The van der Waals surface area contributed by atoms with Gasteiger partial charge in [-0.05, 0) is 56.7 Å². The first kappa shape index (κ1) is 17.0. The molecule has 0 unspecified atom stereocenters. The van der Waals surface area contributed by atoms with E-state index in [1.807, 2.05) is 6.07 Å². The summed E-state index contributed by atoms with van der Waals surface area (Å²) in [6.45, 7) is 5.33. The van der Waals surface area contributed by atoms with Crippen LogP contribution < -0.4 is 5.32 Å². The van der Waals surface area contributed by atoms with Crippen molar-refractivity contribution in [1.29, 1.82) is 0 Å². The first-order valence-electron chi connectivity index (χ1n) is 8.62. The van der Waals surface area contributed by atoms with Gasteiger partial charge < -0.3 is 10.2 Å². The lowest BCUT2D eigenvalue weighted by atomic mass is 9.97. The van der Waals surface area contributed by atoms with Gasteiger partial charge in [-0.2, -0.15) is 0 Å². The number of aryl methyl sites for hydroxylation is 1. The standard InChI is InChI=1S/C19H30N2O/c1-16(10-11-17-7-4-3-5-8-17)13-19(22)20-14-18-9-6-12-21(2)15-18/h3-5,7-8,16,18H,6,9-15H2,1-2H3,(H,20,22)/t16-,18+/m1/s1. The Morgan fingerprint density at radius 2 is 2.14 bits per heavy atom. The Kier molecular flexibility index (Phi) is 6.91. The van der Waals surface area contributed by atoms with Crippen LogP contribution in [0.2, 0.25) is 0 Å². The molecule has 0 radical (unpaired) electrons. The van der Waals surface area contributed by atoms with Crippen LogP contribution in [-0.4, -0.2) is 37.5 Å². The molecule has 0 saturated carbocycles. The molecule has 1 aromatic carbocycles. The third-order valence-electron chi connectivity index (χ3n) is 4.61. The molecule has 1 saturated heterocycles. The van der Waals surface area contributed by atoms with Crippen LogP contribution in [0.3, 0.4) is 0 Å². The highest BCUT2D eigenvalue weighted by atomic mass is 16.1. The van der Waals surface area contributed by atoms with Crippen molar-refractivity contribution < 1.29 is 4.79 Å². The third kappa shape index (κ3) is 6.18. The summed E-state index contributed by atoms with van der Waals surface area (Å²) >= 11 is 0. The fraction of sp³-hybridized carbons (Fsp3) is 0.632. The summed E-state index contributed by atoms with van der Waals surface area (Å²) in [6, 6.07) is 10.5. The van der Waals surface area contributed by atoms with Crippen molar-refractivity contribution in [1.82, 2.24) is 10.2 Å². The fourth-order valence-electron chi connectivity index (χ4n) is 3.25. The normalized spacial score (nSPS) is 20.5. The molecule has 0 aliphatic carbocycles. The Morgan fingerprint density at radius 3 is 2.86 bits per heavy atom. The minimum Gasteiger partial charge on any atom is -0.356 e. The lowest BCUT2D eigenvalue weighted by Gasteiger charge is -2.29. The van der Waals surface area contributed by atoms with Gasteiger partial charge in [0.15, 0.2) is 0 Å².